The molecule has 1 aromatic rings. The normalized spacial score (nSPS) is 20.4. The van der Waals surface area contributed by atoms with Crippen LogP contribution in [0.15, 0.2) is 30.3 Å². The molecule has 1 atom stereocenters. The Morgan fingerprint density at radius 3 is 2.27 bits per heavy atom. The van der Waals surface area contributed by atoms with Crippen molar-refractivity contribution in [3.8, 4) is 0 Å². The van der Waals surface area contributed by atoms with Crippen LogP contribution in [0.25, 0.3) is 0 Å². The maximum absolute atomic E-state index is 11.8. The van der Waals surface area contributed by atoms with Crippen molar-refractivity contribution >= 4 is 5.78 Å². The first-order chi connectivity index (χ1) is 7.17. The van der Waals surface area contributed by atoms with Crippen LogP contribution in [0.5, 0.6) is 0 Å². The fraction of sp³-hybridized carbons (Fsp3) is 0.500. The van der Waals surface area contributed by atoms with Gasteiger partial charge in [-0.1, -0.05) is 43.7 Å². The SMILES string of the molecule is CC(=O)C1(C(C)c2ccccc2)CCC1. The second-order valence-corrected chi connectivity index (χ2v) is 4.70. The molecule has 0 radical (unpaired) electrons. The Labute approximate surface area is 91.5 Å². The predicted molar refractivity (Wildman–Crippen MR) is 61.8 cm³/mol. The molecule has 15 heavy (non-hydrogen) atoms. The largest absolute Gasteiger partial charge is 0.299 e. The Hall–Kier alpha value is -1.11. The third kappa shape index (κ3) is 1.60. The first kappa shape index (κ1) is 10.4. The Kier molecular flexibility index (Phi) is 2.64. The number of ketones is 1. The minimum atomic E-state index is -0.0542. The molecule has 0 spiro atoms. The van der Waals surface area contributed by atoms with Gasteiger partial charge in [-0.3, -0.25) is 4.79 Å². The number of benzene rings is 1. The average molecular weight is 202 g/mol. The fourth-order valence-electron chi connectivity index (χ4n) is 2.71. The maximum atomic E-state index is 11.8. The van der Waals surface area contributed by atoms with Gasteiger partial charge < -0.3 is 0 Å². The molecule has 1 fully saturated rings. The van der Waals surface area contributed by atoms with Gasteiger partial charge in [0.25, 0.3) is 0 Å². The summed E-state index contributed by atoms with van der Waals surface area (Å²) in [5.74, 6) is 0.732. The molecule has 0 bridgehead atoms. The summed E-state index contributed by atoms with van der Waals surface area (Å²) < 4.78 is 0. The van der Waals surface area contributed by atoms with Crippen LogP contribution in [0.1, 0.15) is 44.6 Å². The van der Waals surface area contributed by atoms with E-state index in [0.717, 1.165) is 12.8 Å². The summed E-state index contributed by atoms with van der Waals surface area (Å²) >= 11 is 0. The van der Waals surface area contributed by atoms with E-state index in [0.29, 0.717) is 11.7 Å². The van der Waals surface area contributed by atoms with E-state index in [9.17, 15) is 4.79 Å². The highest BCUT2D eigenvalue weighted by Gasteiger charge is 2.46. The highest BCUT2D eigenvalue weighted by Crippen LogP contribution is 2.51. The first-order valence-electron chi connectivity index (χ1n) is 5.73. The van der Waals surface area contributed by atoms with Gasteiger partial charge in [-0.25, -0.2) is 0 Å². The monoisotopic (exact) mass is 202 g/mol. The van der Waals surface area contributed by atoms with E-state index in [4.69, 9.17) is 0 Å². The Morgan fingerprint density at radius 2 is 1.87 bits per heavy atom. The third-order valence-electron chi connectivity index (χ3n) is 4.08. The first-order valence-corrected chi connectivity index (χ1v) is 5.73. The highest BCUT2D eigenvalue weighted by atomic mass is 16.1. The van der Waals surface area contributed by atoms with Crippen molar-refractivity contribution in [1.82, 2.24) is 0 Å². The number of carbonyl (C=O) groups excluding carboxylic acids is 1. The van der Waals surface area contributed by atoms with Crippen LogP contribution in [0.2, 0.25) is 0 Å². The van der Waals surface area contributed by atoms with E-state index in [-0.39, 0.29) is 5.41 Å². The molecular weight excluding hydrogens is 184 g/mol. The molecule has 0 heterocycles. The number of hydrogen-bond acceptors (Lipinski definition) is 1. The molecule has 0 N–H and O–H groups in total. The second kappa shape index (κ2) is 3.80. The van der Waals surface area contributed by atoms with Crippen molar-refractivity contribution in [3.63, 3.8) is 0 Å². The van der Waals surface area contributed by atoms with Crippen LogP contribution in [-0.4, -0.2) is 5.78 Å². The van der Waals surface area contributed by atoms with E-state index in [2.05, 4.69) is 31.2 Å². The van der Waals surface area contributed by atoms with Crippen LogP contribution in [0.4, 0.5) is 0 Å². The molecule has 80 valence electrons. The summed E-state index contributed by atoms with van der Waals surface area (Å²) in [6.07, 6.45) is 3.34. The van der Waals surface area contributed by atoms with Crippen molar-refractivity contribution in [2.45, 2.75) is 39.0 Å². The Morgan fingerprint density at radius 1 is 1.27 bits per heavy atom. The molecule has 0 saturated heterocycles. The van der Waals surface area contributed by atoms with Gasteiger partial charge in [0, 0.05) is 5.41 Å². The molecule has 1 nitrogen and oxygen atoms in total. The lowest BCUT2D eigenvalue weighted by atomic mass is 9.58. The van der Waals surface area contributed by atoms with Gasteiger partial charge in [0.15, 0.2) is 0 Å². The molecule has 0 aliphatic heterocycles. The zero-order valence-electron chi connectivity index (χ0n) is 9.49. The van der Waals surface area contributed by atoms with Gasteiger partial charge in [-0.15, -0.1) is 0 Å². The van der Waals surface area contributed by atoms with Crippen molar-refractivity contribution in [2.75, 3.05) is 0 Å². The average Bonchev–Trinajstić information content (AvgIpc) is 2.16. The Bertz CT molecular complexity index is 349. The van der Waals surface area contributed by atoms with Crippen molar-refractivity contribution in [1.29, 1.82) is 0 Å². The van der Waals surface area contributed by atoms with Gasteiger partial charge in [-0.2, -0.15) is 0 Å². The standard InChI is InChI=1S/C14H18O/c1-11(13-7-4-3-5-8-13)14(12(2)15)9-6-10-14/h3-5,7-8,11H,6,9-10H2,1-2H3. The highest BCUT2D eigenvalue weighted by molar-refractivity contribution is 5.84. The van der Waals surface area contributed by atoms with Crippen LogP contribution in [0.3, 0.4) is 0 Å². The van der Waals surface area contributed by atoms with E-state index < -0.39 is 0 Å². The summed E-state index contributed by atoms with van der Waals surface area (Å²) in [5.41, 5.74) is 1.24. The van der Waals surface area contributed by atoms with Gasteiger partial charge in [0.2, 0.25) is 0 Å². The molecule has 2 rings (SSSR count). The smallest absolute Gasteiger partial charge is 0.136 e. The summed E-state index contributed by atoms with van der Waals surface area (Å²) in [6, 6.07) is 10.4. The van der Waals surface area contributed by atoms with Gasteiger partial charge in [-0.05, 0) is 31.2 Å². The summed E-state index contributed by atoms with van der Waals surface area (Å²) in [5, 5.41) is 0. The Balaban J connectivity index is 2.27. The molecule has 1 aromatic carbocycles. The van der Waals surface area contributed by atoms with Crippen LogP contribution in [-0.2, 0) is 4.79 Å². The lowest BCUT2D eigenvalue weighted by Gasteiger charge is -2.44. The van der Waals surface area contributed by atoms with Crippen LogP contribution >= 0.6 is 0 Å². The maximum Gasteiger partial charge on any atom is 0.136 e. The summed E-state index contributed by atoms with van der Waals surface area (Å²) in [7, 11) is 0. The molecule has 1 aliphatic carbocycles. The van der Waals surface area contributed by atoms with Crippen LogP contribution < -0.4 is 0 Å². The number of Topliss-reactive ketones (excluding diaryl/α,β-unsaturated/α-hetero) is 1. The second-order valence-electron chi connectivity index (χ2n) is 4.70. The van der Waals surface area contributed by atoms with Crippen molar-refractivity contribution < 1.29 is 4.79 Å². The number of hydrogen-bond donors (Lipinski definition) is 0. The minimum Gasteiger partial charge on any atom is -0.299 e. The zero-order chi connectivity index (χ0) is 10.9. The fourth-order valence-corrected chi connectivity index (χ4v) is 2.71. The topological polar surface area (TPSA) is 17.1 Å². The number of carbonyl (C=O) groups is 1. The molecule has 1 aliphatic rings. The predicted octanol–water partition coefficient (Wildman–Crippen LogP) is 3.55. The lowest BCUT2D eigenvalue weighted by molar-refractivity contribution is -0.132. The lowest BCUT2D eigenvalue weighted by Crippen LogP contribution is -2.41. The van der Waals surface area contributed by atoms with Crippen molar-refractivity contribution in [3.05, 3.63) is 35.9 Å². The summed E-state index contributed by atoms with van der Waals surface area (Å²) in [4.78, 5) is 11.8. The van der Waals surface area contributed by atoms with E-state index in [1.807, 2.05) is 6.07 Å². The molecule has 1 saturated carbocycles. The quantitative estimate of drug-likeness (QED) is 0.732. The van der Waals surface area contributed by atoms with E-state index in [1.54, 1.807) is 6.92 Å². The molecule has 0 amide bonds. The van der Waals surface area contributed by atoms with E-state index in [1.165, 1.54) is 12.0 Å². The molecule has 1 heteroatoms. The van der Waals surface area contributed by atoms with Gasteiger partial charge in [0.1, 0.15) is 5.78 Å². The van der Waals surface area contributed by atoms with E-state index >= 15 is 0 Å². The number of rotatable bonds is 3. The third-order valence-corrected chi connectivity index (χ3v) is 4.08. The van der Waals surface area contributed by atoms with Gasteiger partial charge >= 0.3 is 0 Å². The summed E-state index contributed by atoms with van der Waals surface area (Å²) in [6.45, 7) is 3.94. The molecule has 0 aromatic heterocycles. The zero-order valence-corrected chi connectivity index (χ0v) is 9.49. The van der Waals surface area contributed by atoms with Crippen LogP contribution in [0, 0.1) is 5.41 Å². The minimum absolute atomic E-state index is 0.0542. The van der Waals surface area contributed by atoms with Crippen molar-refractivity contribution in [2.24, 2.45) is 5.41 Å². The molecule has 1 unspecified atom stereocenters. The molecular formula is C14H18O. The van der Waals surface area contributed by atoms with Gasteiger partial charge in [0.05, 0.1) is 0 Å².